The molecule has 0 fully saturated rings. The van der Waals surface area contributed by atoms with E-state index in [0.29, 0.717) is 100 Å². The minimum atomic E-state index is -2.86. The third-order valence-corrected chi connectivity index (χ3v) is 21.9. The van der Waals surface area contributed by atoms with E-state index in [9.17, 15) is 8.78 Å². The minimum Gasteiger partial charge on any atom is -0.497 e. The number of alkyl halides is 2. The van der Waals surface area contributed by atoms with Crippen LogP contribution in [0, 0.1) is 55.3 Å². The Morgan fingerprint density at radius 2 is 0.507 bits per heavy atom. The summed E-state index contributed by atoms with van der Waals surface area (Å²) in [6.45, 7) is 51.5. The van der Waals surface area contributed by atoms with Gasteiger partial charge in [0, 0.05) is 87.7 Å². The number of rotatable bonds is 42. The van der Waals surface area contributed by atoms with E-state index in [4.69, 9.17) is 81.8 Å². The van der Waals surface area contributed by atoms with Gasteiger partial charge in [-0.05, 0) is 228 Å². The van der Waals surface area contributed by atoms with Gasteiger partial charge in [-0.25, -0.2) is 33.7 Å². The lowest BCUT2D eigenvalue weighted by atomic mass is 10.1. The zero-order chi connectivity index (χ0) is 97.5. The lowest BCUT2D eigenvalue weighted by Gasteiger charge is -2.14. The Labute approximate surface area is 802 Å². The number of halogens is 2. The lowest BCUT2D eigenvalue weighted by molar-refractivity contribution is 0.0174. The summed E-state index contributed by atoms with van der Waals surface area (Å²) in [5.74, 6) is 15.0. The minimum absolute atomic E-state index is 0.0307. The predicted octanol–water partition coefficient (Wildman–Crippen LogP) is 27.1. The highest BCUT2D eigenvalue weighted by atomic mass is 19.3. The molecular formula is C112H142F2N10O12. The van der Waals surface area contributed by atoms with Crippen molar-refractivity contribution in [2.24, 2.45) is 41.4 Å². The molecule has 0 aliphatic heterocycles. The van der Waals surface area contributed by atoms with E-state index in [-0.39, 0.29) is 12.2 Å². The zero-order valence-electron chi connectivity index (χ0n) is 83.9. The van der Waals surface area contributed by atoms with Crippen molar-refractivity contribution in [2.45, 2.75) is 223 Å². The van der Waals surface area contributed by atoms with Gasteiger partial charge in [0.2, 0.25) is 0 Å². The second kappa shape index (κ2) is 50.5. The number of hydrogen-bond acceptors (Lipinski definition) is 17. The highest BCUT2D eigenvalue weighted by molar-refractivity contribution is 5.81. The maximum atomic E-state index is 13.4. The molecule has 136 heavy (non-hydrogen) atoms. The SMILES string of the molecule is CC(C)CCOc1ccc2nc(COc3ccc(C(C)(F)F)cc3)n(CC(C)C)c2c1.CCOc1ccc2nc(COc3ccc(C)cc3)n(CC(C)C)c2c1.CCOc1ccc2nc(COc3cccc(C)c3)n(CC(C)C)c2c1.CCOc1ccc2nc(COc3cccc(OC)c3)n(CC(C)C)c2c1.COc1cccc(OCc2nc3ccc(OCCC(C)C)cc3n2CC(C)C)c1. The summed E-state index contributed by atoms with van der Waals surface area (Å²) in [6.07, 6.45) is 2.05. The molecule has 0 radical (unpaired) electrons. The van der Waals surface area contributed by atoms with Crippen LogP contribution < -0.4 is 56.8 Å². The molecule has 726 valence electrons. The van der Waals surface area contributed by atoms with E-state index >= 15 is 0 Å². The molecule has 5 heterocycles. The third kappa shape index (κ3) is 30.8. The van der Waals surface area contributed by atoms with Crippen LogP contribution in [0.25, 0.3) is 55.2 Å². The fourth-order valence-corrected chi connectivity index (χ4v) is 15.2. The lowest BCUT2D eigenvalue weighted by Crippen LogP contribution is -2.11. The van der Waals surface area contributed by atoms with E-state index < -0.39 is 5.92 Å². The molecule has 0 unspecified atom stereocenters. The average Bonchev–Trinajstić information content (AvgIpc) is 1.67. The van der Waals surface area contributed by atoms with E-state index in [2.05, 4.69) is 176 Å². The van der Waals surface area contributed by atoms with E-state index in [0.717, 1.165) is 207 Å². The monoisotopic (exact) mass is 1860 g/mol. The predicted molar refractivity (Wildman–Crippen MR) is 542 cm³/mol. The highest BCUT2D eigenvalue weighted by Crippen LogP contribution is 2.35. The van der Waals surface area contributed by atoms with Crippen molar-refractivity contribution in [1.29, 1.82) is 0 Å². The molecule has 10 aromatic carbocycles. The number of aryl methyl sites for hydroxylation is 2. The van der Waals surface area contributed by atoms with Gasteiger partial charge in [0.1, 0.15) is 131 Å². The Morgan fingerprint density at radius 1 is 0.265 bits per heavy atom. The first kappa shape index (κ1) is 104. The van der Waals surface area contributed by atoms with Crippen LogP contribution in [-0.4, -0.2) is 95.0 Å². The molecule has 5 aromatic heterocycles. The number of nitrogens with zero attached hydrogens (tertiary/aromatic N) is 10. The molecule has 0 saturated carbocycles. The topological polar surface area (TPSA) is 200 Å². The van der Waals surface area contributed by atoms with Crippen molar-refractivity contribution in [2.75, 3.05) is 47.3 Å². The maximum Gasteiger partial charge on any atom is 0.270 e. The number of benzene rings is 10. The first-order chi connectivity index (χ1) is 65.3. The Balaban J connectivity index is 0.000000164. The van der Waals surface area contributed by atoms with E-state index in [1.807, 2.05) is 166 Å². The summed E-state index contributed by atoms with van der Waals surface area (Å²) in [6, 6.07) is 67.7. The number of hydrogen-bond donors (Lipinski definition) is 0. The fourth-order valence-electron chi connectivity index (χ4n) is 15.2. The summed E-state index contributed by atoms with van der Waals surface area (Å²) in [4.78, 5) is 23.9. The molecule has 0 amide bonds. The fraction of sp³-hybridized carbons (Fsp3) is 0.420. The first-order valence-electron chi connectivity index (χ1n) is 48.0. The quantitative estimate of drug-likeness (QED) is 0.0349. The molecule has 0 spiro atoms. The molecule has 0 saturated heterocycles. The first-order valence-corrected chi connectivity index (χ1v) is 48.0. The normalized spacial score (nSPS) is 11.5. The van der Waals surface area contributed by atoms with Crippen molar-refractivity contribution in [1.82, 2.24) is 47.8 Å². The Kier molecular flexibility index (Phi) is 38.5. The Bertz CT molecular complexity index is 6220. The van der Waals surface area contributed by atoms with Gasteiger partial charge in [0.05, 0.1) is 102 Å². The van der Waals surface area contributed by atoms with Crippen LogP contribution in [0.4, 0.5) is 8.78 Å². The molecule has 0 aliphatic carbocycles. The van der Waals surface area contributed by atoms with Gasteiger partial charge in [-0.2, -0.15) is 0 Å². The molecule has 0 N–H and O–H groups in total. The van der Waals surface area contributed by atoms with E-state index in [1.54, 1.807) is 26.4 Å². The van der Waals surface area contributed by atoms with Gasteiger partial charge in [0.15, 0.2) is 0 Å². The van der Waals surface area contributed by atoms with Crippen LogP contribution >= 0.6 is 0 Å². The summed E-state index contributed by atoms with van der Waals surface area (Å²) in [5.41, 5.74) is 12.5. The number of fused-ring (bicyclic) bond motifs is 5. The number of aromatic nitrogens is 10. The summed E-state index contributed by atoms with van der Waals surface area (Å²) >= 11 is 0. The van der Waals surface area contributed by atoms with Crippen LogP contribution in [0.2, 0.25) is 0 Å². The van der Waals surface area contributed by atoms with Crippen molar-refractivity contribution < 1.29 is 65.6 Å². The van der Waals surface area contributed by atoms with Crippen molar-refractivity contribution in [3.05, 3.63) is 258 Å². The van der Waals surface area contributed by atoms with Crippen molar-refractivity contribution in [3.63, 3.8) is 0 Å². The molecule has 0 bridgehead atoms. The second-order valence-electron chi connectivity index (χ2n) is 37.1. The standard InChI is InChI=1S/C25H32F2N2O2.C24H32N2O3.C21H26N2O3.2C21H26N2O2/c1-17(2)12-13-30-21-10-11-22-23(14-21)29(15-18(3)4)24(28-22)16-31-20-8-6-19(7-9-20)25(5,26)27;1-17(2)11-12-28-21-9-10-22-23(14-21)26(15-18(3)4)24(25-22)16-29-20-8-6-7-19(13-20)27-5;1-5-25-18-9-10-19-20(12-18)23(13-15(2)3)21(22-19)14-26-17-8-6-7-16(11-17)24-4;1-5-24-18-10-11-19-20(12-18)23(13-15(2)3)21(22-19)14-25-17-8-6-16(4)7-9-17;1-5-24-18-9-10-19-20(12-18)23(13-15(2)3)21(22-19)14-25-17-8-6-7-16(4)11-17/h6-11,14,17-18H,12-13,15-16H2,1-5H3;6-10,13-14,17-18H,11-12,15-16H2,1-5H3;6-12,15H,5,13-14H2,1-4H3;2*6-12,15H,5,13-14H2,1-4H3. The molecule has 15 rings (SSSR count). The summed E-state index contributed by atoms with van der Waals surface area (Å²) in [5, 5.41) is 0. The zero-order valence-corrected chi connectivity index (χ0v) is 83.9. The van der Waals surface area contributed by atoms with Gasteiger partial charge in [0.25, 0.3) is 5.92 Å². The van der Waals surface area contributed by atoms with Gasteiger partial charge in [-0.1, -0.05) is 139 Å². The number of methoxy groups -OCH3 is 2. The van der Waals surface area contributed by atoms with Gasteiger partial charge in [-0.15, -0.1) is 0 Å². The number of imidazole rings is 5. The largest absolute Gasteiger partial charge is 0.497 e. The molecule has 15 aromatic rings. The van der Waals surface area contributed by atoms with Crippen molar-refractivity contribution >= 4 is 55.2 Å². The summed E-state index contributed by atoms with van der Waals surface area (Å²) < 4.78 is 107. The molecule has 22 nitrogen and oxygen atoms in total. The van der Waals surface area contributed by atoms with Crippen LogP contribution in [0.5, 0.6) is 69.0 Å². The second-order valence-corrected chi connectivity index (χ2v) is 37.1. The Morgan fingerprint density at radius 3 is 0.765 bits per heavy atom. The molecular weight excluding hydrogens is 1720 g/mol. The highest BCUT2D eigenvalue weighted by Gasteiger charge is 2.25. The van der Waals surface area contributed by atoms with Crippen LogP contribution in [0.3, 0.4) is 0 Å². The van der Waals surface area contributed by atoms with Crippen LogP contribution in [-0.2, 0) is 71.7 Å². The average molecular weight is 1860 g/mol. The molecule has 0 atom stereocenters. The van der Waals surface area contributed by atoms with Gasteiger partial charge < -0.3 is 79.7 Å². The molecule has 0 aliphatic rings. The van der Waals surface area contributed by atoms with Gasteiger partial charge >= 0.3 is 0 Å². The van der Waals surface area contributed by atoms with Gasteiger partial charge in [-0.3, -0.25) is 0 Å². The smallest absolute Gasteiger partial charge is 0.270 e. The molecule has 24 heteroatoms. The third-order valence-electron chi connectivity index (χ3n) is 21.9. The van der Waals surface area contributed by atoms with Crippen molar-refractivity contribution in [3.8, 4) is 69.0 Å². The summed E-state index contributed by atoms with van der Waals surface area (Å²) in [7, 11) is 3.30. The van der Waals surface area contributed by atoms with Crippen LogP contribution in [0.15, 0.2) is 212 Å². The Hall–Kier alpha value is -13.0. The van der Waals surface area contributed by atoms with E-state index in [1.165, 1.54) is 23.3 Å². The maximum absolute atomic E-state index is 13.4. The van der Waals surface area contributed by atoms with Crippen LogP contribution in [0.1, 0.15) is 183 Å². The number of ether oxygens (including phenoxy) is 12.